The van der Waals surface area contributed by atoms with Gasteiger partial charge >= 0.3 is 0 Å². The van der Waals surface area contributed by atoms with Crippen molar-refractivity contribution in [1.82, 2.24) is 9.97 Å². The standard InChI is InChI=1S/C18H22N4O/c1-12-6-3-7-13(2)22(12)16-10-4-9-15(21-16)17(23)14-8-5-11-20-18(14)19/h4-5,8-13H,3,6-7H2,1-2H3,(H2,19,20)/t12-,13-/m0/s1. The van der Waals surface area contributed by atoms with E-state index in [9.17, 15) is 4.79 Å². The molecule has 2 atom stereocenters. The van der Waals surface area contributed by atoms with Gasteiger partial charge in [0, 0.05) is 18.3 Å². The fourth-order valence-electron chi connectivity index (χ4n) is 3.31. The molecule has 2 N–H and O–H groups in total. The Morgan fingerprint density at radius 2 is 1.91 bits per heavy atom. The quantitative estimate of drug-likeness (QED) is 0.882. The molecular weight excluding hydrogens is 288 g/mol. The van der Waals surface area contributed by atoms with Crippen molar-refractivity contribution in [3.63, 3.8) is 0 Å². The molecule has 0 aliphatic carbocycles. The smallest absolute Gasteiger partial charge is 0.215 e. The summed E-state index contributed by atoms with van der Waals surface area (Å²) >= 11 is 0. The van der Waals surface area contributed by atoms with E-state index in [1.54, 1.807) is 24.4 Å². The molecule has 0 aromatic carbocycles. The van der Waals surface area contributed by atoms with E-state index in [2.05, 4.69) is 28.7 Å². The molecule has 2 aromatic heterocycles. The number of carbonyl (C=O) groups is 1. The third kappa shape index (κ3) is 3.04. The van der Waals surface area contributed by atoms with Gasteiger partial charge in [0.2, 0.25) is 5.78 Å². The number of anilines is 2. The van der Waals surface area contributed by atoms with Crippen LogP contribution in [0.15, 0.2) is 36.5 Å². The van der Waals surface area contributed by atoms with Crippen LogP contribution >= 0.6 is 0 Å². The Balaban J connectivity index is 1.94. The zero-order valence-electron chi connectivity index (χ0n) is 13.6. The SMILES string of the molecule is C[C@H]1CCC[C@H](C)N1c1cccc(C(=O)c2cccnc2N)n1. The summed E-state index contributed by atoms with van der Waals surface area (Å²) in [6.45, 7) is 4.43. The summed E-state index contributed by atoms with van der Waals surface area (Å²) < 4.78 is 0. The minimum Gasteiger partial charge on any atom is -0.383 e. The number of nitrogens with zero attached hydrogens (tertiary/aromatic N) is 3. The van der Waals surface area contributed by atoms with Gasteiger partial charge in [0.15, 0.2) is 0 Å². The number of carbonyl (C=O) groups excluding carboxylic acids is 1. The summed E-state index contributed by atoms with van der Waals surface area (Å²) in [5.74, 6) is 0.914. The van der Waals surface area contributed by atoms with Gasteiger partial charge in [-0.25, -0.2) is 9.97 Å². The fraction of sp³-hybridized carbons (Fsp3) is 0.389. The Bertz CT molecular complexity index is 706. The van der Waals surface area contributed by atoms with Crippen molar-refractivity contribution in [3.05, 3.63) is 47.8 Å². The highest BCUT2D eigenvalue weighted by molar-refractivity contribution is 6.10. The van der Waals surface area contributed by atoms with Crippen molar-refractivity contribution in [1.29, 1.82) is 0 Å². The molecule has 2 aromatic rings. The van der Waals surface area contributed by atoms with Gasteiger partial charge in [-0.3, -0.25) is 4.79 Å². The molecule has 3 heterocycles. The van der Waals surface area contributed by atoms with Gasteiger partial charge in [0.05, 0.1) is 5.56 Å². The summed E-state index contributed by atoms with van der Waals surface area (Å²) in [6, 6.07) is 9.85. The zero-order valence-corrected chi connectivity index (χ0v) is 13.6. The van der Waals surface area contributed by atoms with Crippen molar-refractivity contribution in [2.75, 3.05) is 10.6 Å². The van der Waals surface area contributed by atoms with Gasteiger partial charge in [-0.1, -0.05) is 6.07 Å². The molecular formula is C18H22N4O. The molecule has 1 fully saturated rings. The van der Waals surface area contributed by atoms with Crippen LogP contribution in [0.4, 0.5) is 11.6 Å². The fourth-order valence-corrected chi connectivity index (χ4v) is 3.31. The van der Waals surface area contributed by atoms with Crippen LogP contribution in [-0.2, 0) is 0 Å². The first-order chi connectivity index (χ1) is 11.1. The van der Waals surface area contributed by atoms with Crippen LogP contribution in [0.5, 0.6) is 0 Å². The average molecular weight is 310 g/mol. The number of nitrogens with two attached hydrogens (primary N) is 1. The summed E-state index contributed by atoms with van der Waals surface area (Å²) in [7, 11) is 0. The minimum absolute atomic E-state index is 0.185. The zero-order chi connectivity index (χ0) is 16.4. The number of pyridine rings is 2. The lowest BCUT2D eigenvalue weighted by molar-refractivity contribution is 0.103. The van der Waals surface area contributed by atoms with Crippen LogP contribution in [0.2, 0.25) is 0 Å². The van der Waals surface area contributed by atoms with E-state index in [0.717, 1.165) is 18.7 Å². The molecule has 5 nitrogen and oxygen atoms in total. The van der Waals surface area contributed by atoms with Crippen molar-refractivity contribution in [3.8, 4) is 0 Å². The molecule has 23 heavy (non-hydrogen) atoms. The van der Waals surface area contributed by atoms with E-state index < -0.39 is 0 Å². The molecule has 120 valence electrons. The Labute approximate surface area is 136 Å². The highest BCUT2D eigenvalue weighted by Gasteiger charge is 2.26. The second kappa shape index (κ2) is 6.36. The van der Waals surface area contributed by atoms with E-state index in [1.807, 2.05) is 12.1 Å². The number of rotatable bonds is 3. The number of hydrogen-bond donors (Lipinski definition) is 1. The van der Waals surface area contributed by atoms with Crippen LogP contribution in [0.25, 0.3) is 0 Å². The van der Waals surface area contributed by atoms with E-state index in [4.69, 9.17) is 5.73 Å². The summed E-state index contributed by atoms with van der Waals surface area (Å²) in [5.41, 5.74) is 6.62. The highest BCUT2D eigenvalue weighted by Crippen LogP contribution is 2.28. The number of piperidine rings is 1. The molecule has 0 unspecified atom stereocenters. The summed E-state index contributed by atoms with van der Waals surface area (Å²) in [4.78, 5) is 23.6. The van der Waals surface area contributed by atoms with Gasteiger partial charge in [0.1, 0.15) is 17.3 Å². The lowest BCUT2D eigenvalue weighted by Crippen LogP contribution is -2.44. The Morgan fingerprint density at radius 3 is 2.61 bits per heavy atom. The predicted octanol–water partition coefficient (Wildman–Crippen LogP) is 3.06. The van der Waals surface area contributed by atoms with Gasteiger partial charge in [-0.15, -0.1) is 0 Å². The van der Waals surface area contributed by atoms with Crippen molar-refractivity contribution < 1.29 is 4.79 Å². The number of aromatic nitrogens is 2. The average Bonchev–Trinajstić information content (AvgIpc) is 2.55. The predicted molar refractivity (Wildman–Crippen MR) is 91.6 cm³/mol. The highest BCUT2D eigenvalue weighted by atomic mass is 16.1. The lowest BCUT2D eigenvalue weighted by Gasteiger charge is -2.40. The van der Waals surface area contributed by atoms with E-state index >= 15 is 0 Å². The Morgan fingerprint density at radius 1 is 1.17 bits per heavy atom. The molecule has 3 rings (SSSR count). The largest absolute Gasteiger partial charge is 0.383 e. The first kappa shape index (κ1) is 15.5. The van der Waals surface area contributed by atoms with Gasteiger partial charge in [-0.2, -0.15) is 0 Å². The van der Waals surface area contributed by atoms with Gasteiger partial charge < -0.3 is 10.6 Å². The number of nitrogen functional groups attached to an aromatic ring is 1. The van der Waals surface area contributed by atoms with Crippen LogP contribution in [0.1, 0.15) is 49.2 Å². The molecule has 0 saturated carbocycles. The van der Waals surface area contributed by atoms with Crippen molar-refractivity contribution in [2.24, 2.45) is 0 Å². The molecule has 0 amide bonds. The molecule has 0 radical (unpaired) electrons. The molecule has 5 heteroatoms. The topological polar surface area (TPSA) is 72.1 Å². The summed E-state index contributed by atoms with van der Waals surface area (Å²) in [5, 5.41) is 0. The minimum atomic E-state index is -0.185. The maximum absolute atomic E-state index is 12.7. The Kier molecular flexibility index (Phi) is 4.28. The number of hydrogen-bond acceptors (Lipinski definition) is 5. The molecule has 1 aliphatic rings. The first-order valence-corrected chi connectivity index (χ1v) is 8.08. The second-order valence-corrected chi connectivity index (χ2v) is 6.18. The van der Waals surface area contributed by atoms with Crippen molar-refractivity contribution in [2.45, 2.75) is 45.2 Å². The first-order valence-electron chi connectivity index (χ1n) is 8.08. The van der Waals surface area contributed by atoms with Crippen LogP contribution in [0, 0.1) is 0 Å². The van der Waals surface area contributed by atoms with Gasteiger partial charge in [0.25, 0.3) is 0 Å². The lowest BCUT2D eigenvalue weighted by atomic mass is 9.97. The number of ketones is 1. The normalized spacial score (nSPS) is 21.2. The van der Waals surface area contributed by atoms with Crippen LogP contribution in [-0.4, -0.2) is 27.8 Å². The third-order valence-corrected chi connectivity index (χ3v) is 4.51. The second-order valence-electron chi connectivity index (χ2n) is 6.18. The summed E-state index contributed by atoms with van der Waals surface area (Å²) in [6.07, 6.45) is 5.12. The van der Waals surface area contributed by atoms with E-state index in [0.29, 0.717) is 23.3 Å². The van der Waals surface area contributed by atoms with Crippen LogP contribution in [0.3, 0.4) is 0 Å². The molecule has 1 aliphatic heterocycles. The maximum atomic E-state index is 12.7. The van der Waals surface area contributed by atoms with E-state index in [1.165, 1.54) is 6.42 Å². The van der Waals surface area contributed by atoms with Crippen molar-refractivity contribution >= 4 is 17.4 Å². The molecule has 0 bridgehead atoms. The van der Waals surface area contributed by atoms with Crippen LogP contribution < -0.4 is 10.6 Å². The van der Waals surface area contributed by atoms with Gasteiger partial charge in [-0.05, 0) is 57.4 Å². The monoisotopic (exact) mass is 310 g/mol. The Hall–Kier alpha value is -2.43. The van der Waals surface area contributed by atoms with E-state index in [-0.39, 0.29) is 11.6 Å². The maximum Gasteiger partial charge on any atom is 0.215 e. The molecule has 0 spiro atoms. The molecule has 1 saturated heterocycles. The third-order valence-electron chi connectivity index (χ3n) is 4.51.